The van der Waals surface area contributed by atoms with Gasteiger partial charge >= 0.3 is 0 Å². The molecule has 0 bridgehead atoms. The Morgan fingerprint density at radius 2 is 2.44 bits per heavy atom. The fourth-order valence-electron chi connectivity index (χ4n) is 0.317. The third-order valence-corrected chi connectivity index (χ3v) is 1.26. The molecule has 1 heterocycles. The summed E-state index contributed by atoms with van der Waals surface area (Å²) >= 11 is 10.9. The Bertz CT molecular complexity index is 338. The number of rotatable bonds is 0. The molecule has 0 aliphatic rings. The summed E-state index contributed by atoms with van der Waals surface area (Å²) in [5, 5.41) is -0.372. The van der Waals surface area contributed by atoms with Crippen LogP contribution in [0.25, 0.3) is 0 Å². The lowest BCUT2D eigenvalue weighted by Crippen LogP contribution is -1.84. The molecule has 0 saturated heterocycles. The van der Waals surface area contributed by atoms with E-state index in [0.29, 0.717) is 0 Å². The first-order valence-corrected chi connectivity index (χ1v) is 2.78. The second kappa shape index (κ2) is 2.50. The molecule has 0 spiro atoms. The van der Waals surface area contributed by atoms with E-state index < -0.39 is 18.7 Å². The van der Waals surface area contributed by atoms with Crippen LogP contribution < -0.4 is 0 Å². The minimum absolute atomic E-state index is 0.167. The number of hydrogen-bond acceptors (Lipinski definition) is 2. The van der Waals surface area contributed by atoms with Crippen LogP contribution >= 0.6 is 23.2 Å². The molecular weight excluding hydrogens is 159 g/mol. The van der Waals surface area contributed by atoms with Crippen molar-refractivity contribution in [2.24, 2.45) is 0 Å². The lowest BCUT2D eigenvalue weighted by Gasteiger charge is -1.92. The van der Waals surface area contributed by atoms with Gasteiger partial charge in [-0.15, -0.1) is 0 Å². The average Bonchev–Trinajstić information content (AvgIpc) is 1.94. The third kappa shape index (κ3) is 1.53. The van der Waals surface area contributed by atoms with Gasteiger partial charge in [0.1, 0.15) is 0 Å². The van der Waals surface area contributed by atoms with E-state index in [-0.39, 0.29) is 10.3 Å². The molecule has 0 radical (unpaired) electrons. The second-order valence-corrected chi connectivity index (χ2v) is 1.98. The molecule has 0 atom stereocenters. The van der Waals surface area contributed by atoms with E-state index in [2.05, 4.69) is 9.97 Å². The molecule has 2 nitrogen and oxygen atoms in total. The Balaban J connectivity index is 3.32. The van der Waals surface area contributed by atoms with Gasteiger partial charge in [-0.1, -0.05) is 23.2 Å². The lowest BCUT2D eigenvalue weighted by molar-refractivity contribution is 1.12. The van der Waals surface area contributed by atoms with Gasteiger partial charge in [0.05, 0.1) is 7.06 Å². The highest BCUT2D eigenvalue weighted by atomic mass is 35.5. The molecule has 9 heavy (non-hydrogen) atoms. The summed E-state index contributed by atoms with van der Waals surface area (Å²) < 4.78 is 28.2. The van der Waals surface area contributed by atoms with E-state index in [0.717, 1.165) is 0 Å². The van der Waals surface area contributed by atoms with Crippen molar-refractivity contribution in [3.8, 4) is 0 Å². The van der Waals surface area contributed by atoms with Crippen LogP contribution in [0.2, 0.25) is 10.3 Å². The van der Waals surface area contributed by atoms with Crippen molar-refractivity contribution in [2.45, 2.75) is 6.85 Å². The number of aryl methyl sites for hydroxylation is 1. The predicted molar refractivity (Wildman–Crippen MR) is 36.8 cm³/mol. The van der Waals surface area contributed by atoms with Gasteiger partial charge in [-0.25, -0.2) is 9.97 Å². The maximum atomic E-state index is 7.19. The van der Waals surface area contributed by atoms with E-state index in [1.165, 1.54) is 0 Å². The van der Waals surface area contributed by atoms with Crippen molar-refractivity contribution in [3.05, 3.63) is 22.2 Å². The number of nitrogens with zero attached hydrogens (tertiary/aromatic N) is 2. The SMILES string of the molecule is [2H]c1nc(Cl)c(Cl)nc1C([2H])([2H])[2H]. The smallest absolute Gasteiger partial charge is 0.166 e. The minimum Gasteiger partial charge on any atom is -0.239 e. The van der Waals surface area contributed by atoms with Crippen molar-refractivity contribution < 1.29 is 5.48 Å². The topological polar surface area (TPSA) is 25.8 Å². The van der Waals surface area contributed by atoms with Crippen LogP contribution in [0.1, 0.15) is 11.2 Å². The fourth-order valence-corrected chi connectivity index (χ4v) is 0.529. The normalized spacial score (nSPS) is 17.6. The highest BCUT2D eigenvalue weighted by Gasteiger charge is 1.97. The highest BCUT2D eigenvalue weighted by molar-refractivity contribution is 6.40. The van der Waals surface area contributed by atoms with Crippen LogP contribution in [-0.4, -0.2) is 9.97 Å². The highest BCUT2D eigenvalue weighted by Crippen LogP contribution is 2.14. The summed E-state index contributed by atoms with van der Waals surface area (Å²) in [5.41, 5.74) is -0.443. The molecule has 4 heteroatoms. The van der Waals surface area contributed by atoms with Gasteiger partial charge in [0.15, 0.2) is 10.3 Å². The van der Waals surface area contributed by atoms with E-state index in [9.17, 15) is 0 Å². The lowest BCUT2D eigenvalue weighted by atomic mass is 10.5. The van der Waals surface area contributed by atoms with Gasteiger partial charge in [-0.2, -0.15) is 0 Å². The number of aromatic nitrogens is 2. The molecular formula is C5H4Cl2N2. The maximum absolute atomic E-state index is 7.19. The number of hydrogen-bond donors (Lipinski definition) is 0. The van der Waals surface area contributed by atoms with Gasteiger partial charge < -0.3 is 0 Å². The maximum Gasteiger partial charge on any atom is 0.166 e. The summed E-state index contributed by atoms with van der Waals surface area (Å²) in [6.07, 6.45) is -0.477. The molecule has 0 fully saturated rings. The molecule has 1 aromatic rings. The van der Waals surface area contributed by atoms with Crippen molar-refractivity contribution >= 4 is 23.2 Å². The molecule has 0 unspecified atom stereocenters. The average molecular weight is 167 g/mol. The molecule has 0 saturated carbocycles. The van der Waals surface area contributed by atoms with Crippen LogP contribution in [-0.2, 0) is 0 Å². The van der Waals surface area contributed by atoms with Gasteiger partial charge in [0.2, 0.25) is 0 Å². The zero-order chi connectivity index (χ0) is 10.2. The van der Waals surface area contributed by atoms with E-state index in [1.807, 2.05) is 0 Å². The van der Waals surface area contributed by atoms with Crippen LogP contribution in [0.15, 0.2) is 6.17 Å². The van der Waals surface area contributed by atoms with Crippen LogP contribution in [0.4, 0.5) is 0 Å². The van der Waals surface area contributed by atoms with Crippen molar-refractivity contribution in [2.75, 3.05) is 0 Å². The van der Waals surface area contributed by atoms with Gasteiger partial charge in [-0.3, -0.25) is 0 Å². The predicted octanol–water partition coefficient (Wildman–Crippen LogP) is 2.09. The first-order chi connectivity index (χ1) is 5.82. The summed E-state index contributed by atoms with van der Waals surface area (Å²) in [6, 6.07) is 0. The molecule has 0 amide bonds. The minimum atomic E-state index is -2.49. The first-order valence-electron chi connectivity index (χ1n) is 4.02. The Kier molecular flexibility index (Phi) is 0.880. The van der Waals surface area contributed by atoms with E-state index in [1.54, 1.807) is 0 Å². The van der Waals surface area contributed by atoms with Crippen molar-refractivity contribution in [1.29, 1.82) is 0 Å². The summed E-state index contributed by atoms with van der Waals surface area (Å²) in [6.45, 7) is -2.49. The van der Waals surface area contributed by atoms with Gasteiger partial charge in [0, 0.05) is 10.3 Å². The van der Waals surface area contributed by atoms with E-state index in [4.69, 9.17) is 28.7 Å². The fraction of sp³-hybridized carbons (Fsp3) is 0.200. The standard InChI is InChI=1S/C5H4Cl2N2/c1-3-2-8-4(6)5(7)9-3/h2H,1H3/i1D3,2D. The molecule has 48 valence electrons. The van der Waals surface area contributed by atoms with Gasteiger partial charge in [0.25, 0.3) is 0 Å². The van der Waals surface area contributed by atoms with Crippen molar-refractivity contribution in [3.63, 3.8) is 0 Å². The summed E-state index contributed by atoms with van der Waals surface area (Å²) in [7, 11) is 0. The van der Waals surface area contributed by atoms with E-state index >= 15 is 0 Å². The molecule has 1 rings (SSSR count). The zero-order valence-corrected chi connectivity index (χ0v) is 5.66. The summed E-state index contributed by atoms with van der Waals surface area (Å²) in [4.78, 5) is 6.88. The van der Waals surface area contributed by atoms with Crippen LogP contribution in [0.5, 0.6) is 0 Å². The molecule has 0 aromatic carbocycles. The Morgan fingerprint density at radius 1 is 1.67 bits per heavy atom. The molecule has 0 aliphatic heterocycles. The Morgan fingerprint density at radius 3 is 3.11 bits per heavy atom. The second-order valence-electron chi connectivity index (χ2n) is 1.27. The Labute approximate surface area is 68.5 Å². The first kappa shape index (κ1) is 3.17. The quantitative estimate of drug-likeness (QED) is 0.591. The third-order valence-electron chi connectivity index (χ3n) is 0.640. The monoisotopic (exact) mass is 166 g/mol. The molecule has 0 aliphatic carbocycles. The molecule has 1 aromatic heterocycles. The number of halogens is 2. The van der Waals surface area contributed by atoms with Crippen molar-refractivity contribution in [1.82, 2.24) is 9.97 Å². The zero-order valence-electron chi connectivity index (χ0n) is 8.15. The van der Waals surface area contributed by atoms with Crippen LogP contribution in [0, 0.1) is 6.85 Å². The summed E-state index contributed by atoms with van der Waals surface area (Å²) in [5.74, 6) is 0. The van der Waals surface area contributed by atoms with Crippen LogP contribution in [0.3, 0.4) is 0 Å². The van der Waals surface area contributed by atoms with Gasteiger partial charge in [-0.05, 0) is 6.85 Å². The molecule has 0 N–H and O–H groups in total. The Hall–Kier alpha value is -0.340. The largest absolute Gasteiger partial charge is 0.239 e.